The van der Waals surface area contributed by atoms with Crippen molar-refractivity contribution in [2.24, 2.45) is 5.41 Å². The number of hydrogen-bond donors (Lipinski definition) is 2. The maximum Gasteiger partial charge on any atom is 0.312 e. The van der Waals surface area contributed by atoms with Crippen LogP contribution < -0.4 is 0 Å². The molecular formula is C8H14O4. The molecule has 1 rings (SSSR count). The van der Waals surface area contributed by atoms with Gasteiger partial charge in [0.2, 0.25) is 0 Å². The lowest BCUT2D eigenvalue weighted by Crippen LogP contribution is -2.63. The van der Waals surface area contributed by atoms with Gasteiger partial charge in [0.25, 0.3) is 0 Å². The van der Waals surface area contributed by atoms with Crippen LogP contribution in [0.4, 0.5) is 0 Å². The summed E-state index contributed by atoms with van der Waals surface area (Å²) in [7, 11) is 0. The van der Waals surface area contributed by atoms with Crippen molar-refractivity contribution in [3.63, 3.8) is 0 Å². The third-order valence-electron chi connectivity index (χ3n) is 2.89. The first-order chi connectivity index (χ1) is 5.46. The van der Waals surface area contributed by atoms with Crippen LogP contribution in [-0.2, 0) is 9.53 Å². The third kappa shape index (κ3) is 1.03. The highest BCUT2D eigenvalue weighted by atomic mass is 16.5. The molecule has 1 fully saturated rings. The summed E-state index contributed by atoms with van der Waals surface area (Å²) in [5.41, 5.74) is -2.25. The van der Waals surface area contributed by atoms with E-state index in [0.29, 0.717) is 6.42 Å². The quantitative estimate of drug-likeness (QED) is 0.643. The minimum Gasteiger partial charge on any atom is -0.481 e. The Balaban J connectivity index is 2.85. The number of ether oxygens (including phenoxy) is 1. The van der Waals surface area contributed by atoms with Gasteiger partial charge in [0, 0.05) is 0 Å². The Labute approximate surface area is 71.2 Å². The summed E-state index contributed by atoms with van der Waals surface area (Å²) < 4.78 is 4.82. The lowest BCUT2D eigenvalue weighted by atomic mass is 9.70. The normalized spacial score (nSPS) is 25.6. The fourth-order valence-corrected chi connectivity index (χ4v) is 1.29. The van der Waals surface area contributed by atoms with Gasteiger partial charge in [-0.25, -0.2) is 0 Å². The van der Waals surface area contributed by atoms with Crippen LogP contribution in [0.15, 0.2) is 0 Å². The summed E-state index contributed by atoms with van der Waals surface area (Å²) >= 11 is 0. The van der Waals surface area contributed by atoms with E-state index in [1.165, 1.54) is 0 Å². The van der Waals surface area contributed by atoms with Gasteiger partial charge >= 0.3 is 5.97 Å². The van der Waals surface area contributed by atoms with Crippen LogP contribution in [0.1, 0.15) is 20.3 Å². The van der Waals surface area contributed by atoms with Gasteiger partial charge in [-0.1, -0.05) is 6.92 Å². The van der Waals surface area contributed by atoms with Gasteiger partial charge in [-0.15, -0.1) is 0 Å². The molecule has 0 saturated carbocycles. The molecule has 1 atom stereocenters. The number of carboxylic acids is 1. The van der Waals surface area contributed by atoms with Crippen molar-refractivity contribution >= 4 is 5.97 Å². The van der Waals surface area contributed by atoms with E-state index in [-0.39, 0.29) is 13.2 Å². The lowest BCUT2D eigenvalue weighted by Gasteiger charge is -2.47. The summed E-state index contributed by atoms with van der Waals surface area (Å²) in [4.78, 5) is 10.9. The van der Waals surface area contributed by atoms with Gasteiger partial charge in [-0.05, 0) is 13.3 Å². The second-order valence-corrected chi connectivity index (χ2v) is 3.52. The third-order valence-corrected chi connectivity index (χ3v) is 2.89. The fourth-order valence-electron chi connectivity index (χ4n) is 1.29. The molecule has 0 radical (unpaired) electrons. The van der Waals surface area contributed by atoms with E-state index in [9.17, 15) is 9.90 Å². The van der Waals surface area contributed by atoms with Crippen LogP contribution in [0.2, 0.25) is 0 Å². The topological polar surface area (TPSA) is 66.8 Å². The molecule has 70 valence electrons. The monoisotopic (exact) mass is 174 g/mol. The number of carbonyl (C=O) groups is 1. The molecule has 0 aromatic carbocycles. The van der Waals surface area contributed by atoms with Crippen LogP contribution in [0, 0.1) is 5.41 Å². The molecule has 1 aliphatic heterocycles. The minimum atomic E-state index is -1.17. The number of rotatable bonds is 3. The lowest BCUT2D eigenvalue weighted by molar-refractivity contribution is -0.241. The Kier molecular flexibility index (Phi) is 2.14. The molecule has 0 aromatic heterocycles. The predicted molar refractivity (Wildman–Crippen MR) is 41.8 cm³/mol. The molecule has 0 aromatic rings. The summed E-state index contributed by atoms with van der Waals surface area (Å²) in [5.74, 6) is -0.962. The highest BCUT2D eigenvalue weighted by Crippen LogP contribution is 2.40. The van der Waals surface area contributed by atoms with E-state index in [1.54, 1.807) is 13.8 Å². The van der Waals surface area contributed by atoms with Crippen LogP contribution >= 0.6 is 0 Å². The maximum atomic E-state index is 10.9. The van der Waals surface area contributed by atoms with E-state index in [1.807, 2.05) is 0 Å². The summed E-state index contributed by atoms with van der Waals surface area (Å²) in [5, 5.41) is 18.7. The number of aliphatic carboxylic acids is 1. The maximum absolute atomic E-state index is 10.9. The van der Waals surface area contributed by atoms with Crippen molar-refractivity contribution in [1.82, 2.24) is 0 Å². The smallest absolute Gasteiger partial charge is 0.312 e. The molecule has 0 amide bonds. The molecule has 0 bridgehead atoms. The zero-order valence-corrected chi connectivity index (χ0v) is 7.33. The van der Waals surface area contributed by atoms with Gasteiger partial charge in [-0.3, -0.25) is 4.79 Å². The number of aliphatic hydroxyl groups is 1. The predicted octanol–water partition coefficient (Wildman–Crippen LogP) is 0.249. The highest BCUT2D eigenvalue weighted by molar-refractivity contribution is 5.76. The molecule has 0 aliphatic carbocycles. The van der Waals surface area contributed by atoms with E-state index < -0.39 is 17.0 Å². The molecule has 4 nitrogen and oxygen atoms in total. The van der Waals surface area contributed by atoms with Gasteiger partial charge in [0.15, 0.2) is 0 Å². The standard InChI is InChI=1S/C8H14O4/c1-3-7(2,6(9)10)8(11)4-12-5-8/h11H,3-5H2,1-2H3,(H,9,10). The van der Waals surface area contributed by atoms with E-state index in [2.05, 4.69) is 0 Å². The highest BCUT2D eigenvalue weighted by Gasteiger charge is 2.56. The van der Waals surface area contributed by atoms with Crippen molar-refractivity contribution < 1.29 is 19.7 Å². The summed E-state index contributed by atoms with van der Waals surface area (Å²) in [6.07, 6.45) is 0.405. The average Bonchev–Trinajstić information content (AvgIpc) is 1.98. The zero-order valence-electron chi connectivity index (χ0n) is 7.33. The molecule has 12 heavy (non-hydrogen) atoms. The Morgan fingerprint density at radius 2 is 2.17 bits per heavy atom. The van der Waals surface area contributed by atoms with Crippen molar-refractivity contribution in [2.45, 2.75) is 25.9 Å². The van der Waals surface area contributed by atoms with Crippen molar-refractivity contribution in [1.29, 1.82) is 0 Å². The first kappa shape index (κ1) is 9.48. The minimum absolute atomic E-state index is 0.129. The Hall–Kier alpha value is -0.610. The second-order valence-electron chi connectivity index (χ2n) is 3.52. The van der Waals surface area contributed by atoms with Crippen molar-refractivity contribution in [3.05, 3.63) is 0 Å². The van der Waals surface area contributed by atoms with Crippen LogP contribution in [0.3, 0.4) is 0 Å². The molecule has 0 spiro atoms. The SMILES string of the molecule is CCC(C)(C(=O)O)C1(O)COC1. The Morgan fingerprint density at radius 1 is 1.67 bits per heavy atom. The number of carboxylic acid groups (broad SMARTS) is 1. The molecule has 1 aliphatic rings. The van der Waals surface area contributed by atoms with Gasteiger partial charge in [0.05, 0.1) is 18.6 Å². The second kappa shape index (κ2) is 2.71. The van der Waals surface area contributed by atoms with Gasteiger partial charge in [0.1, 0.15) is 5.60 Å². The zero-order chi connectivity index (χ0) is 9.41. The first-order valence-electron chi connectivity index (χ1n) is 4.00. The van der Waals surface area contributed by atoms with Gasteiger partial charge < -0.3 is 14.9 Å². The van der Waals surface area contributed by atoms with Crippen LogP contribution in [-0.4, -0.2) is 35.0 Å². The summed E-state index contributed by atoms with van der Waals surface area (Å²) in [6, 6.07) is 0. The van der Waals surface area contributed by atoms with E-state index >= 15 is 0 Å². The molecule has 1 heterocycles. The molecule has 2 N–H and O–H groups in total. The molecule has 4 heteroatoms. The van der Waals surface area contributed by atoms with E-state index in [0.717, 1.165) is 0 Å². The van der Waals surface area contributed by atoms with Gasteiger partial charge in [-0.2, -0.15) is 0 Å². The first-order valence-corrected chi connectivity index (χ1v) is 4.00. The van der Waals surface area contributed by atoms with Crippen LogP contribution in [0.25, 0.3) is 0 Å². The Morgan fingerprint density at radius 3 is 2.25 bits per heavy atom. The van der Waals surface area contributed by atoms with Crippen molar-refractivity contribution in [2.75, 3.05) is 13.2 Å². The molecular weight excluding hydrogens is 160 g/mol. The number of hydrogen-bond acceptors (Lipinski definition) is 3. The Bertz CT molecular complexity index is 197. The summed E-state index contributed by atoms with van der Waals surface area (Å²) in [6.45, 7) is 3.57. The van der Waals surface area contributed by atoms with Crippen LogP contribution in [0.5, 0.6) is 0 Å². The fraction of sp³-hybridized carbons (Fsp3) is 0.875. The average molecular weight is 174 g/mol. The molecule has 1 saturated heterocycles. The molecule has 1 unspecified atom stereocenters. The largest absolute Gasteiger partial charge is 0.481 e. The van der Waals surface area contributed by atoms with E-state index in [4.69, 9.17) is 9.84 Å². The van der Waals surface area contributed by atoms with Crippen molar-refractivity contribution in [3.8, 4) is 0 Å².